The maximum Gasteiger partial charge on any atom is 0.279 e. The summed E-state index contributed by atoms with van der Waals surface area (Å²) in [6, 6.07) is 1.27. The fourth-order valence-electron chi connectivity index (χ4n) is 0.625. The number of nitrogens with one attached hydrogen (secondary N) is 1. The van der Waals surface area contributed by atoms with Crippen molar-refractivity contribution in [1.29, 1.82) is 0 Å². The molecule has 0 aromatic carbocycles. The van der Waals surface area contributed by atoms with Crippen molar-refractivity contribution in [2.24, 2.45) is 0 Å². The summed E-state index contributed by atoms with van der Waals surface area (Å²) in [5, 5.41) is 6.06. The lowest BCUT2D eigenvalue weighted by atomic mass is 10.5. The van der Waals surface area contributed by atoms with E-state index in [0.29, 0.717) is 5.88 Å². The topological polar surface area (TPSA) is 64.2 Å². The molecule has 0 aliphatic carbocycles. The third-order valence-electron chi connectivity index (χ3n) is 1.15. The van der Waals surface area contributed by atoms with E-state index in [4.69, 9.17) is 4.74 Å². The van der Waals surface area contributed by atoms with Crippen LogP contribution in [0.25, 0.3) is 0 Å². The monoisotopic (exact) mass is 156 g/mol. The van der Waals surface area contributed by atoms with Crippen molar-refractivity contribution in [2.75, 3.05) is 14.2 Å². The van der Waals surface area contributed by atoms with E-state index in [1.807, 2.05) is 0 Å². The fraction of sp³-hybridized carbons (Fsp3) is 0.333. The SMILES string of the molecule is COc1cc(=O)c(OC)n[nH]1. The van der Waals surface area contributed by atoms with Crippen LogP contribution in [-0.4, -0.2) is 24.4 Å². The lowest BCUT2D eigenvalue weighted by Gasteiger charge is -1.98. The van der Waals surface area contributed by atoms with Crippen LogP contribution in [0.1, 0.15) is 0 Å². The van der Waals surface area contributed by atoms with E-state index in [-0.39, 0.29) is 11.3 Å². The van der Waals surface area contributed by atoms with Gasteiger partial charge in [-0.15, -0.1) is 5.10 Å². The van der Waals surface area contributed by atoms with Crippen LogP contribution in [0.5, 0.6) is 11.8 Å². The Hall–Kier alpha value is -1.52. The Morgan fingerprint density at radius 1 is 1.45 bits per heavy atom. The molecule has 0 saturated heterocycles. The van der Waals surface area contributed by atoms with Crippen LogP contribution in [0.3, 0.4) is 0 Å². The van der Waals surface area contributed by atoms with Gasteiger partial charge in [0.2, 0.25) is 11.3 Å². The van der Waals surface area contributed by atoms with Crippen LogP contribution in [0.15, 0.2) is 10.9 Å². The second kappa shape index (κ2) is 3.05. The lowest BCUT2D eigenvalue weighted by molar-refractivity contribution is 0.364. The predicted molar refractivity (Wildman–Crippen MR) is 38.0 cm³/mol. The Kier molecular flexibility index (Phi) is 2.10. The standard InChI is InChI=1S/C6H8N2O3/c1-10-5-3-4(9)6(11-2)8-7-5/h3H,1-2H3,(H,7,9). The Morgan fingerprint density at radius 2 is 2.18 bits per heavy atom. The van der Waals surface area contributed by atoms with Gasteiger partial charge >= 0.3 is 0 Å². The van der Waals surface area contributed by atoms with E-state index >= 15 is 0 Å². The molecule has 0 atom stereocenters. The molecule has 0 aliphatic heterocycles. The van der Waals surface area contributed by atoms with Gasteiger partial charge in [0.25, 0.3) is 5.88 Å². The van der Waals surface area contributed by atoms with Crippen LogP contribution < -0.4 is 14.9 Å². The quantitative estimate of drug-likeness (QED) is 0.643. The van der Waals surface area contributed by atoms with Gasteiger partial charge < -0.3 is 9.47 Å². The van der Waals surface area contributed by atoms with Gasteiger partial charge in [0.15, 0.2) is 0 Å². The van der Waals surface area contributed by atoms with Crippen LogP contribution in [-0.2, 0) is 0 Å². The van der Waals surface area contributed by atoms with Crippen molar-refractivity contribution in [3.05, 3.63) is 16.3 Å². The smallest absolute Gasteiger partial charge is 0.279 e. The Morgan fingerprint density at radius 3 is 2.64 bits per heavy atom. The second-order valence-corrected chi connectivity index (χ2v) is 1.81. The highest BCUT2D eigenvalue weighted by Crippen LogP contribution is 2.01. The molecule has 0 saturated carbocycles. The number of aromatic nitrogens is 2. The molecule has 1 heterocycles. The van der Waals surface area contributed by atoms with Gasteiger partial charge in [-0.1, -0.05) is 0 Å². The summed E-state index contributed by atoms with van der Waals surface area (Å²) < 4.78 is 9.35. The van der Waals surface area contributed by atoms with Crippen molar-refractivity contribution in [3.8, 4) is 11.8 Å². The second-order valence-electron chi connectivity index (χ2n) is 1.81. The largest absolute Gasteiger partial charge is 0.481 e. The number of rotatable bonds is 2. The summed E-state index contributed by atoms with van der Waals surface area (Å²) in [6.45, 7) is 0. The molecule has 0 bridgehead atoms. The Balaban J connectivity index is 3.10. The molecule has 0 radical (unpaired) electrons. The molecule has 0 fully saturated rings. The highest BCUT2D eigenvalue weighted by molar-refractivity contribution is 5.15. The van der Waals surface area contributed by atoms with Gasteiger partial charge in [0.05, 0.1) is 20.3 Å². The summed E-state index contributed by atoms with van der Waals surface area (Å²) >= 11 is 0. The first-order valence-corrected chi connectivity index (χ1v) is 2.95. The van der Waals surface area contributed by atoms with Gasteiger partial charge in [-0.05, 0) is 0 Å². The van der Waals surface area contributed by atoms with Crippen molar-refractivity contribution in [3.63, 3.8) is 0 Å². The van der Waals surface area contributed by atoms with Crippen LogP contribution in [0.4, 0.5) is 0 Å². The zero-order chi connectivity index (χ0) is 8.27. The molecule has 0 unspecified atom stereocenters. The zero-order valence-corrected chi connectivity index (χ0v) is 6.25. The zero-order valence-electron chi connectivity index (χ0n) is 6.25. The van der Waals surface area contributed by atoms with E-state index < -0.39 is 0 Å². The van der Waals surface area contributed by atoms with Crippen molar-refractivity contribution in [1.82, 2.24) is 10.2 Å². The minimum atomic E-state index is -0.303. The maximum atomic E-state index is 10.9. The average Bonchev–Trinajstić information content (AvgIpc) is 2.04. The molecular formula is C6H8N2O3. The molecule has 0 aliphatic rings. The third-order valence-corrected chi connectivity index (χ3v) is 1.15. The minimum absolute atomic E-state index is 0.0331. The number of hydrogen-bond donors (Lipinski definition) is 1. The van der Waals surface area contributed by atoms with Gasteiger partial charge in [-0.3, -0.25) is 4.79 Å². The molecule has 1 rings (SSSR count). The Labute approximate surface area is 63.0 Å². The van der Waals surface area contributed by atoms with E-state index in [0.717, 1.165) is 0 Å². The number of aromatic amines is 1. The van der Waals surface area contributed by atoms with Crippen molar-refractivity contribution >= 4 is 0 Å². The number of H-pyrrole nitrogens is 1. The third kappa shape index (κ3) is 1.49. The number of ether oxygens (including phenoxy) is 2. The van der Waals surface area contributed by atoms with E-state index in [2.05, 4.69) is 14.9 Å². The van der Waals surface area contributed by atoms with Gasteiger partial charge in [0, 0.05) is 0 Å². The average molecular weight is 156 g/mol. The highest BCUT2D eigenvalue weighted by atomic mass is 16.5. The van der Waals surface area contributed by atoms with E-state index in [1.54, 1.807) is 0 Å². The number of methoxy groups -OCH3 is 2. The fourth-order valence-corrected chi connectivity index (χ4v) is 0.625. The molecule has 5 heteroatoms. The summed E-state index contributed by atoms with van der Waals surface area (Å²) in [5.74, 6) is 0.349. The minimum Gasteiger partial charge on any atom is -0.481 e. The van der Waals surface area contributed by atoms with E-state index in [1.165, 1.54) is 20.3 Å². The first kappa shape index (κ1) is 7.59. The summed E-state index contributed by atoms with van der Waals surface area (Å²) in [5.41, 5.74) is -0.303. The molecule has 60 valence electrons. The first-order valence-electron chi connectivity index (χ1n) is 2.95. The molecule has 1 aromatic heterocycles. The van der Waals surface area contributed by atoms with Crippen LogP contribution in [0.2, 0.25) is 0 Å². The predicted octanol–water partition coefficient (Wildman–Crippen LogP) is -0.213. The van der Waals surface area contributed by atoms with Gasteiger partial charge in [-0.25, -0.2) is 5.10 Å². The highest BCUT2D eigenvalue weighted by Gasteiger charge is 2.00. The number of hydrogen-bond acceptors (Lipinski definition) is 4. The maximum absolute atomic E-state index is 10.9. The molecule has 0 spiro atoms. The number of nitrogens with zero attached hydrogens (tertiary/aromatic N) is 1. The van der Waals surface area contributed by atoms with Crippen molar-refractivity contribution < 1.29 is 9.47 Å². The molecule has 1 N–H and O–H groups in total. The Bertz CT molecular complexity index is 294. The summed E-state index contributed by atoms with van der Waals surface area (Å²) in [7, 11) is 2.82. The van der Waals surface area contributed by atoms with Crippen LogP contribution in [0, 0.1) is 0 Å². The molecular weight excluding hydrogens is 148 g/mol. The van der Waals surface area contributed by atoms with Gasteiger partial charge in [-0.2, -0.15) is 0 Å². The van der Waals surface area contributed by atoms with E-state index in [9.17, 15) is 4.79 Å². The molecule has 0 amide bonds. The molecule has 5 nitrogen and oxygen atoms in total. The first-order chi connectivity index (χ1) is 5.27. The summed E-state index contributed by atoms with van der Waals surface area (Å²) in [4.78, 5) is 10.9. The normalized spacial score (nSPS) is 9.27. The molecule has 11 heavy (non-hydrogen) atoms. The lowest BCUT2D eigenvalue weighted by Crippen LogP contribution is -2.08. The summed E-state index contributed by atoms with van der Waals surface area (Å²) in [6.07, 6.45) is 0. The van der Waals surface area contributed by atoms with Crippen molar-refractivity contribution in [2.45, 2.75) is 0 Å². The van der Waals surface area contributed by atoms with Gasteiger partial charge in [0.1, 0.15) is 0 Å². The molecule has 1 aromatic rings. The van der Waals surface area contributed by atoms with Crippen LogP contribution >= 0.6 is 0 Å².